The number of aromatic nitrogens is 4. The number of nitrogen functional groups attached to an aromatic ring is 1. The number of carbonyl (C=O) groups is 1. The Morgan fingerprint density at radius 2 is 1.91 bits per heavy atom. The van der Waals surface area contributed by atoms with Crippen LogP contribution >= 0.6 is 0 Å². The Bertz CT molecular complexity index is 855. The molecule has 3 aromatic rings. The van der Waals surface area contributed by atoms with Crippen LogP contribution in [0.1, 0.15) is 15.9 Å². The van der Waals surface area contributed by atoms with E-state index in [1.54, 1.807) is 28.9 Å². The normalized spacial score (nSPS) is 10.5. The minimum atomic E-state index is -0.389. The minimum Gasteiger partial charge on any atom is -0.465 e. The molecule has 7 nitrogen and oxygen atoms in total. The number of aryl methyl sites for hydroxylation is 1. The van der Waals surface area contributed by atoms with Crippen molar-refractivity contribution < 1.29 is 9.53 Å². The van der Waals surface area contributed by atoms with Crippen LogP contribution in [0.15, 0.2) is 42.5 Å². The van der Waals surface area contributed by atoms with Gasteiger partial charge < -0.3 is 10.5 Å². The lowest BCUT2D eigenvalue weighted by Gasteiger charge is -2.07. The van der Waals surface area contributed by atoms with Gasteiger partial charge in [0.1, 0.15) is 0 Å². The van der Waals surface area contributed by atoms with Crippen LogP contribution in [0.25, 0.3) is 17.1 Å². The van der Waals surface area contributed by atoms with Crippen molar-refractivity contribution in [3.8, 4) is 17.1 Å². The number of carbonyl (C=O) groups excluding carboxylic acids is 1. The third-order valence-electron chi connectivity index (χ3n) is 3.54. The van der Waals surface area contributed by atoms with Gasteiger partial charge in [-0.25, -0.2) is 4.79 Å². The summed E-state index contributed by atoms with van der Waals surface area (Å²) in [6.07, 6.45) is 0. The summed E-state index contributed by atoms with van der Waals surface area (Å²) in [5.41, 5.74) is 9.64. The largest absolute Gasteiger partial charge is 0.465 e. The van der Waals surface area contributed by atoms with Gasteiger partial charge in [-0.3, -0.25) is 0 Å². The predicted molar refractivity (Wildman–Crippen MR) is 85.1 cm³/mol. The van der Waals surface area contributed by atoms with Gasteiger partial charge in [0.25, 0.3) is 0 Å². The molecule has 0 spiro atoms. The van der Waals surface area contributed by atoms with E-state index >= 15 is 0 Å². The first kappa shape index (κ1) is 14.7. The number of benzene rings is 2. The van der Waals surface area contributed by atoms with Gasteiger partial charge in [-0.2, -0.15) is 4.68 Å². The number of ether oxygens (including phenoxy) is 1. The van der Waals surface area contributed by atoms with Gasteiger partial charge in [0.05, 0.1) is 18.4 Å². The third-order valence-corrected chi connectivity index (χ3v) is 3.54. The zero-order valence-electron chi connectivity index (χ0n) is 12.7. The van der Waals surface area contributed by atoms with Crippen LogP contribution in [-0.4, -0.2) is 33.3 Å². The molecule has 0 atom stereocenters. The lowest BCUT2D eigenvalue weighted by molar-refractivity contribution is 0.0601. The number of tetrazole rings is 1. The van der Waals surface area contributed by atoms with E-state index in [-0.39, 0.29) is 5.97 Å². The van der Waals surface area contributed by atoms with E-state index in [4.69, 9.17) is 5.73 Å². The lowest BCUT2D eigenvalue weighted by Crippen LogP contribution is -2.03. The van der Waals surface area contributed by atoms with Crippen molar-refractivity contribution in [3.05, 3.63) is 53.6 Å². The van der Waals surface area contributed by atoms with Crippen molar-refractivity contribution >= 4 is 11.7 Å². The molecule has 0 saturated heterocycles. The predicted octanol–water partition coefficient (Wildman–Crippen LogP) is 2.01. The molecule has 0 unspecified atom stereocenters. The average Bonchev–Trinajstić information content (AvgIpc) is 3.06. The van der Waals surface area contributed by atoms with Gasteiger partial charge in [-0.15, -0.1) is 5.10 Å². The first-order valence-electron chi connectivity index (χ1n) is 6.94. The summed E-state index contributed by atoms with van der Waals surface area (Å²) in [5.74, 6) is 0.183. The van der Waals surface area contributed by atoms with Crippen molar-refractivity contribution in [3.63, 3.8) is 0 Å². The summed E-state index contributed by atoms with van der Waals surface area (Å²) >= 11 is 0. The van der Waals surface area contributed by atoms with Crippen molar-refractivity contribution in [2.75, 3.05) is 12.8 Å². The molecule has 0 aliphatic carbocycles. The zero-order valence-corrected chi connectivity index (χ0v) is 12.7. The molecular weight excluding hydrogens is 294 g/mol. The van der Waals surface area contributed by atoms with E-state index in [1.165, 1.54) is 7.11 Å². The lowest BCUT2D eigenvalue weighted by atomic mass is 10.1. The van der Waals surface area contributed by atoms with Gasteiger partial charge in [-0.05, 0) is 53.2 Å². The Balaban J connectivity index is 2.00. The molecule has 0 amide bonds. The molecule has 0 aliphatic heterocycles. The molecule has 23 heavy (non-hydrogen) atoms. The molecule has 1 aromatic heterocycles. The van der Waals surface area contributed by atoms with Gasteiger partial charge in [0.15, 0.2) is 5.82 Å². The second-order valence-electron chi connectivity index (χ2n) is 5.02. The molecule has 7 heteroatoms. The third kappa shape index (κ3) is 2.76. The molecule has 0 radical (unpaired) electrons. The number of rotatable bonds is 3. The highest BCUT2D eigenvalue weighted by atomic mass is 16.5. The van der Waals surface area contributed by atoms with Gasteiger partial charge in [0, 0.05) is 11.3 Å². The van der Waals surface area contributed by atoms with E-state index in [2.05, 4.69) is 20.3 Å². The number of hydrogen-bond donors (Lipinski definition) is 1. The highest BCUT2D eigenvalue weighted by molar-refractivity contribution is 5.89. The fourth-order valence-electron chi connectivity index (χ4n) is 2.18. The molecule has 2 aromatic carbocycles. The van der Waals surface area contributed by atoms with Crippen LogP contribution in [0.3, 0.4) is 0 Å². The maximum atomic E-state index is 11.5. The minimum absolute atomic E-state index is 0.389. The van der Waals surface area contributed by atoms with Crippen LogP contribution in [0.4, 0.5) is 5.69 Å². The Kier molecular flexibility index (Phi) is 3.76. The quantitative estimate of drug-likeness (QED) is 0.587. The summed E-state index contributed by atoms with van der Waals surface area (Å²) in [5, 5.41) is 11.8. The van der Waals surface area contributed by atoms with E-state index in [0.29, 0.717) is 17.1 Å². The van der Waals surface area contributed by atoms with Crippen molar-refractivity contribution in [2.24, 2.45) is 0 Å². The summed E-state index contributed by atoms with van der Waals surface area (Å²) in [7, 11) is 1.34. The monoisotopic (exact) mass is 309 g/mol. The fourth-order valence-corrected chi connectivity index (χ4v) is 2.18. The molecule has 3 rings (SSSR count). The number of esters is 1. The number of hydrogen-bond acceptors (Lipinski definition) is 6. The zero-order chi connectivity index (χ0) is 16.4. The van der Waals surface area contributed by atoms with Crippen molar-refractivity contribution in [2.45, 2.75) is 6.92 Å². The van der Waals surface area contributed by atoms with Gasteiger partial charge in [0.2, 0.25) is 0 Å². The Labute approximate surface area is 132 Å². The number of nitrogens with zero attached hydrogens (tertiary/aromatic N) is 4. The van der Waals surface area contributed by atoms with Crippen molar-refractivity contribution in [1.82, 2.24) is 20.2 Å². The van der Waals surface area contributed by atoms with Gasteiger partial charge >= 0.3 is 5.97 Å². The van der Waals surface area contributed by atoms with Crippen LogP contribution in [0.2, 0.25) is 0 Å². The summed E-state index contributed by atoms with van der Waals surface area (Å²) in [6.45, 7) is 1.94. The molecule has 0 saturated carbocycles. The van der Waals surface area contributed by atoms with Crippen LogP contribution in [-0.2, 0) is 4.74 Å². The molecule has 0 fully saturated rings. The van der Waals surface area contributed by atoms with E-state index in [9.17, 15) is 4.79 Å². The molecular formula is C16H15N5O2. The van der Waals surface area contributed by atoms with Crippen molar-refractivity contribution in [1.29, 1.82) is 0 Å². The van der Waals surface area contributed by atoms with Crippen LogP contribution in [0, 0.1) is 6.92 Å². The number of anilines is 1. The summed E-state index contributed by atoms with van der Waals surface area (Å²) in [4.78, 5) is 11.5. The highest BCUT2D eigenvalue weighted by Gasteiger charge is 2.12. The van der Waals surface area contributed by atoms with E-state index in [0.717, 1.165) is 16.8 Å². The Morgan fingerprint density at radius 1 is 1.17 bits per heavy atom. The van der Waals surface area contributed by atoms with Crippen LogP contribution in [0.5, 0.6) is 0 Å². The standard InChI is InChI=1S/C16H15N5O2/c1-10-3-4-12(9-14(10)17)15-18-19-20-21(15)13-7-5-11(6-8-13)16(22)23-2/h3-9H,17H2,1-2H3. The first-order valence-corrected chi connectivity index (χ1v) is 6.94. The topological polar surface area (TPSA) is 95.9 Å². The first-order chi connectivity index (χ1) is 11.1. The summed E-state index contributed by atoms with van der Waals surface area (Å²) < 4.78 is 6.27. The molecule has 0 bridgehead atoms. The second-order valence-corrected chi connectivity index (χ2v) is 5.02. The smallest absolute Gasteiger partial charge is 0.337 e. The molecule has 1 heterocycles. The Hall–Kier alpha value is -3.22. The summed E-state index contributed by atoms with van der Waals surface area (Å²) in [6, 6.07) is 12.5. The SMILES string of the molecule is COC(=O)c1ccc(-n2nnnc2-c2ccc(C)c(N)c2)cc1. The fraction of sp³-hybridized carbons (Fsp3) is 0.125. The van der Waals surface area contributed by atoms with Gasteiger partial charge in [-0.1, -0.05) is 12.1 Å². The maximum absolute atomic E-state index is 11.5. The molecule has 116 valence electrons. The maximum Gasteiger partial charge on any atom is 0.337 e. The van der Waals surface area contributed by atoms with E-state index < -0.39 is 0 Å². The van der Waals surface area contributed by atoms with E-state index in [1.807, 2.05) is 25.1 Å². The molecule has 0 aliphatic rings. The Morgan fingerprint density at radius 3 is 2.57 bits per heavy atom. The average molecular weight is 309 g/mol. The molecule has 2 N–H and O–H groups in total. The second kappa shape index (κ2) is 5.88. The number of methoxy groups -OCH3 is 1. The highest BCUT2D eigenvalue weighted by Crippen LogP contribution is 2.23. The number of nitrogens with two attached hydrogens (primary N) is 1. The van der Waals surface area contributed by atoms with Crippen LogP contribution < -0.4 is 5.73 Å².